The van der Waals surface area contributed by atoms with E-state index in [0.29, 0.717) is 24.3 Å². The van der Waals surface area contributed by atoms with E-state index in [1.165, 1.54) is 4.31 Å². The summed E-state index contributed by atoms with van der Waals surface area (Å²) in [6, 6.07) is 6.79. The topological polar surface area (TPSA) is 95.0 Å². The molecule has 0 radical (unpaired) electrons. The van der Waals surface area contributed by atoms with Crippen molar-refractivity contribution >= 4 is 21.9 Å². The zero-order valence-corrected chi connectivity index (χ0v) is 21.1. The second kappa shape index (κ2) is 8.08. The smallest absolute Gasteiger partial charge is 0.309 e. The molecule has 4 saturated carbocycles. The van der Waals surface area contributed by atoms with Crippen molar-refractivity contribution in [1.29, 1.82) is 0 Å². The third-order valence-corrected chi connectivity index (χ3v) is 10.8. The molecule has 1 aromatic rings. The Kier molecular flexibility index (Phi) is 5.93. The Morgan fingerprint density at radius 3 is 2.21 bits per heavy atom. The molecule has 4 bridgehead atoms. The zero-order chi connectivity index (χ0) is 24.3. The Morgan fingerprint density at radius 1 is 1.12 bits per heavy atom. The van der Waals surface area contributed by atoms with Crippen LogP contribution in [-0.4, -0.2) is 59.8 Å². The van der Waals surface area contributed by atoms with Crippen molar-refractivity contribution < 1.29 is 23.1 Å². The standard InChI is InChI=1S/C25H36N2O5S/c1-6-27(33(31,32)20-10-8-7-9-16(20)2)24(3,4)22(28)26(5)21-18-11-17-12-19(21)15-25(13-17,14-18)23(29)30/h7-10,17-19,21H,6,11-15H2,1-5H3,(H,29,30). The van der Waals surface area contributed by atoms with Crippen LogP contribution in [0.5, 0.6) is 0 Å². The molecule has 4 fully saturated rings. The van der Waals surface area contributed by atoms with E-state index in [1.54, 1.807) is 63.9 Å². The van der Waals surface area contributed by atoms with E-state index < -0.39 is 26.9 Å². The first-order chi connectivity index (χ1) is 15.3. The maximum atomic E-state index is 13.9. The Labute approximate surface area is 197 Å². The third kappa shape index (κ3) is 3.70. The highest BCUT2D eigenvalue weighted by Crippen LogP contribution is 2.61. The van der Waals surface area contributed by atoms with E-state index in [2.05, 4.69) is 0 Å². The van der Waals surface area contributed by atoms with Crippen molar-refractivity contribution in [1.82, 2.24) is 9.21 Å². The molecule has 5 rings (SSSR count). The van der Waals surface area contributed by atoms with Crippen molar-refractivity contribution in [2.45, 2.75) is 76.3 Å². The van der Waals surface area contributed by atoms with Crippen LogP contribution in [0.15, 0.2) is 29.2 Å². The summed E-state index contributed by atoms with van der Waals surface area (Å²) in [7, 11) is -2.11. The summed E-state index contributed by atoms with van der Waals surface area (Å²) < 4.78 is 28.5. The Morgan fingerprint density at radius 2 is 1.70 bits per heavy atom. The molecule has 0 aliphatic heterocycles. The lowest BCUT2D eigenvalue weighted by molar-refractivity contribution is -0.175. The SMILES string of the molecule is CCN(C(C)(C)C(=O)N(C)C1C2CC3CC1CC(C(=O)O)(C3)C2)S(=O)(=O)c1ccccc1C. The molecular formula is C25H36N2O5S. The van der Waals surface area contributed by atoms with Gasteiger partial charge in [-0.2, -0.15) is 4.31 Å². The largest absolute Gasteiger partial charge is 0.481 e. The minimum Gasteiger partial charge on any atom is -0.481 e. The zero-order valence-electron chi connectivity index (χ0n) is 20.2. The average molecular weight is 477 g/mol. The van der Waals surface area contributed by atoms with Crippen LogP contribution in [-0.2, 0) is 19.6 Å². The number of carboxylic acid groups (broad SMARTS) is 1. The molecule has 0 aromatic heterocycles. The molecule has 4 aliphatic rings. The van der Waals surface area contributed by atoms with Crippen LogP contribution in [0.2, 0.25) is 0 Å². The Balaban J connectivity index is 1.62. The first kappa shape index (κ1) is 24.2. The van der Waals surface area contributed by atoms with Gasteiger partial charge in [0, 0.05) is 19.6 Å². The monoisotopic (exact) mass is 476 g/mol. The molecule has 2 unspecified atom stereocenters. The second-order valence-electron chi connectivity index (χ2n) is 11.0. The highest BCUT2D eigenvalue weighted by molar-refractivity contribution is 7.89. The summed E-state index contributed by atoms with van der Waals surface area (Å²) in [5.74, 6) is -0.209. The van der Waals surface area contributed by atoms with Crippen LogP contribution < -0.4 is 0 Å². The van der Waals surface area contributed by atoms with Gasteiger partial charge in [-0.25, -0.2) is 8.42 Å². The van der Waals surface area contributed by atoms with Crippen LogP contribution in [0, 0.1) is 30.1 Å². The maximum absolute atomic E-state index is 13.9. The lowest BCUT2D eigenvalue weighted by Crippen LogP contribution is -2.65. The molecule has 0 spiro atoms. The summed E-state index contributed by atoms with van der Waals surface area (Å²) >= 11 is 0. The predicted octanol–water partition coefficient (Wildman–Crippen LogP) is 3.52. The molecule has 7 nitrogen and oxygen atoms in total. The molecule has 33 heavy (non-hydrogen) atoms. The van der Waals surface area contributed by atoms with Crippen molar-refractivity contribution in [2.24, 2.45) is 23.2 Å². The summed E-state index contributed by atoms with van der Waals surface area (Å²) in [6.07, 6.45) is 3.87. The highest BCUT2D eigenvalue weighted by Gasteiger charge is 2.60. The molecule has 182 valence electrons. The van der Waals surface area contributed by atoms with E-state index in [1.807, 2.05) is 0 Å². The normalized spacial score (nSPS) is 31.1. The molecule has 4 aliphatic carbocycles. The van der Waals surface area contributed by atoms with Gasteiger partial charge < -0.3 is 10.0 Å². The number of carboxylic acids is 1. The number of carbonyl (C=O) groups excluding carboxylic acids is 1. The van der Waals surface area contributed by atoms with Gasteiger partial charge in [0.15, 0.2) is 0 Å². The van der Waals surface area contributed by atoms with Gasteiger partial charge >= 0.3 is 5.97 Å². The first-order valence-electron chi connectivity index (χ1n) is 11.9. The van der Waals surface area contributed by atoms with Gasteiger partial charge in [-0.15, -0.1) is 0 Å². The van der Waals surface area contributed by atoms with Gasteiger partial charge in [-0.1, -0.05) is 25.1 Å². The van der Waals surface area contributed by atoms with Gasteiger partial charge in [0.1, 0.15) is 5.54 Å². The molecule has 1 amide bonds. The maximum Gasteiger partial charge on any atom is 0.309 e. The number of amides is 1. The first-order valence-corrected chi connectivity index (χ1v) is 13.4. The predicted molar refractivity (Wildman–Crippen MR) is 125 cm³/mol. The van der Waals surface area contributed by atoms with Crippen LogP contribution >= 0.6 is 0 Å². The molecule has 8 heteroatoms. The number of aliphatic carboxylic acids is 1. The summed E-state index contributed by atoms with van der Waals surface area (Å²) in [4.78, 5) is 27.9. The van der Waals surface area contributed by atoms with Crippen molar-refractivity contribution in [3.05, 3.63) is 29.8 Å². The number of rotatable bonds is 7. The number of hydrogen-bond donors (Lipinski definition) is 1. The third-order valence-electron chi connectivity index (χ3n) is 8.54. The van der Waals surface area contributed by atoms with E-state index in [-0.39, 0.29) is 35.2 Å². The average Bonchev–Trinajstić information content (AvgIpc) is 2.72. The minimum absolute atomic E-state index is 0.0410. The number of likely N-dealkylation sites (N-methyl/N-ethyl adjacent to an activating group) is 2. The van der Waals surface area contributed by atoms with Crippen molar-refractivity contribution in [2.75, 3.05) is 13.6 Å². The number of benzene rings is 1. The molecule has 0 heterocycles. The summed E-state index contributed by atoms with van der Waals surface area (Å²) in [5.41, 5.74) is -1.27. The van der Waals surface area contributed by atoms with E-state index in [9.17, 15) is 23.1 Å². The minimum atomic E-state index is -3.88. The van der Waals surface area contributed by atoms with E-state index in [4.69, 9.17) is 0 Å². The highest BCUT2D eigenvalue weighted by atomic mass is 32.2. The molecule has 1 aromatic carbocycles. The number of carbonyl (C=O) groups is 2. The van der Waals surface area contributed by atoms with Gasteiger partial charge in [0.05, 0.1) is 10.3 Å². The van der Waals surface area contributed by atoms with Crippen LogP contribution in [0.3, 0.4) is 0 Å². The van der Waals surface area contributed by atoms with Gasteiger partial charge in [-0.3, -0.25) is 9.59 Å². The van der Waals surface area contributed by atoms with Crippen molar-refractivity contribution in [3.8, 4) is 0 Å². The van der Waals surface area contributed by atoms with E-state index in [0.717, 1.165) is 19.3 Å². The van der Waals surface area contributed by atoms with Crippen molar-refractivity contribution in [3.63, 3.8) is 0 Å². The number of hydrogen-bond acceptors (Lipinski definition) is 4. The number of sulfonamides is 1. The van der Waals surface area contributed by atoms with Gasteiger partial charge in [-0.05, 0) is 82.3 Å². The van der Waals surface area contributed by atoms with Crippen LogP contribution in [0.1, 0.15) is 58.4 Å². The number of nitrogens with zero attached hydrogens (tertiary/aromatic N) is 2. The quantitative estimate of drug-likeness (QED) is 0.650. The van der Waals surface area contributed by atoms with E-state index >= 15 is 0 Å². The Hall–Kier alpha value is -1.93. The van der Waals surface area contributed by atoms with Crippen LogP contribution in [0.25, 0.3) is 0 Å². The molecular weight excluding hydrogens is 440 g/mol. The summed E-state index contributed by atoms with van der Waals surface area (Å²) in [5, 5.41) is 9.91. The Bertz CT molecular complexity index is 1050. The summed E-state index contributed by atoms with van der Waals surface area (Å²) in [6.45, 7) is 7.05. The fourth-order valence-electron chi connectivity index (χ4n) is 7.40. The lowest BCUT2D eigenvalue weighted by Gasteiger charge is -2.60. The van der Waals surface area contributed by atoms with Gasteiger partial charge in [0.25, 0.3) is 0 Å². The second-order valence-corrected chi connectivity index (χ2v) is 12.8. The fraction of sp³-hybridized carbons (Fsp3) is 0.680. The molecule has 0 saturated heterocycles. The molecule has 2 atom stereocenters. The fourth-order valence-corrected chi connectivity index (χ4v) is 9.38. The van der Waals surface area contributed by atoms with Crippen LogP contribution in [0.4, 0.5) is 0 Å². The molecule has 1 N–H and O–H groups in total. The number of aryl methyl sites for hydroxylation is 1. The lowest BCUT2D eigenvalue weighted by atomic mass is 9.47. The van der Waals surface area contributed by atoms with Gasteiger partial charge in [0.2, 0.25) is 15.9 Å².